The highest BCUT2D eigenvalue weighted by atomic mass is 19.2. The molecule has 0 aliphatic rings. The lowest BCUT2D eigenvalue weighted by Gasteiger charge is -2.13. The third kappa shape index (κ3) is 2.65. The van der Waals surface area contributed by atoms with Gasteiger partial charge in [-0.25, -0.2) is 8.78 Å². The highest BCUT2D eigenvalue weighted by Crippen LogP contribution is 2.29. The summed E-state index contributed by atoms with van der Waals surface area (Å²) in [4.78, 5) is 0. The minimum atomic E-state index is -0.939. The molecular formula is C14H13F2NO. The van der Waals surface area contributed by atoms with E-state index < -0.39 is 11.6 Å². The molecule has 94 valence electrons. The van der Waals surface area contributed by atoms with E-state index in [1.54, 1.807) is 12.1 Å². The lowest BCUT2D eigenvalue weighted by molar-refractivity contribution is 0.454. The van der Waals surface area contributed by atoms with Gasteiger partial charge in [-0.1, -0.05) is 18.2 Å². The van der Waals surface area contributed by atoms with E-state index in [0.717, 1.165) is 17.7 Å². The van der Waals surface area contributed by atoms with Gasteiger partial charge < -0.3 is 10.5 Å². The molecule has 2 rings (SSSR count). The van der Waals surface area contributed by atoms with Crippen molar-refractivity contribution in [1.82, 2.24) is 0 Å². The van der Waals surface area contributed by atoms with Gasteiger partial charge in [0.1, 0.15) is 11.5 Å². The van der Waals surface area contributed by atoms with Crippen molar-refractivity contribution in [1.29, 1.82) is 0 Å². The topological polar surface area (TPSA) is 35.2 Å². The summed E-state index contributed by atoms with van der Waals surface area (Å²) in [5.74, 6) is -1.06. The molecule has 1 atom stereocenters. The highest BCUT2D eigenvalue weighted by Gasteiger charge is 2.09. The smallest absolute Gasteiger partial charge is 0.162 e. The molecule has 0 saturated heterocycles. The second-order valence-electron chi connectivity index (χ2n) is 4.00. The Labute approximate surface area is 104 Å². The normalized spacial score (nSPS) is 12.2. The fourth-order valence-corrected chi connectivity index (χ4v) is 1.62. The molecular weight excluding hydrogens is 236 g/mol. The highest BCUT2D eigenvalue weighted by molar-refractivity contribution is 5.39. The first-order valence-electron chi connectivity index (χ1n) is 5.55. The summed E-state index contributed by atoms with van der Waals surface area (Å²) >= 11 is 0. The average Bonchev–Trinajstić information content (AvgIpc) is 2.34. The van der Waals surface area contributed by atoms with Crippen LogP contribution in [-0.2, 0) is 0 Å². The van der Waals surface area contributed by atoms with Gasteiger partial charge in [0.05, 0.1) is 0 Å². The molecule has 1 unspecified atom stereocenters. The van der Waals surface area contributed by atoms with Crippen molar-refractivity contribution in [3.63, 3.8) is 0 Å². The molecule has 18 heavy (non-hydrogen) atoms. The van der Waals surface area contributed by atoms with Crippen LogP contribution < -0.4 is 10.5 Å². The van der Waals surface area contributed by atoms with E-state index >= 15 is 0 Å². The first-order chi connectivity index (χ1) is 8.58. The fourth-order valence-electron chi connectivity index (χ4n) is 1.62. The molecule has 4 heteroatoms. The van der Waals surface area contributed by atoms with E-state index in [4.69, 9.17) is 10.5 Å². The van der Waals surface area contributed by atoms with Gasteiger partial charge in [0.15, 0.2) is 11.6 Å². The summed E-state index contributed by atoms with van der Waals surface area (Å²) in [5.41, 5.74) is 6.62. The average molecular weight is 249 g/mol. The van der Waals surface area contributed by atoms with Crippen LogP contribution in [0, 0.1) is 11.6 Å². The first kappa shape index (κ1) is 12.5. The zero-order chi connectivity index (χ0) is 13.1. The van der Waals surface area contributed by atoms with Crippen LogP contribution in [0.1, 0.15) is 18.5 Å². The maximum atomic E-state index is 13.1. The standard InChI is InChI=1S/C14H13F2NO/c1-9(17)11-4-2-3-5-14(11)18-10-6-7-12(15)13(16)8-10/h2-9H,17H2,1H3. The Morgan fingerprint density at radius 2 is 1.78 bits per heavy atom. The van der Waals surface area contributed by atoms with Crippen LogP contribution in [0.15, 0.2) is 42.5 Å². The predicted octanol–water partition coefficient (Wildman–Crippen LogP) is 3.78. The number of ether oxygens (including phenoxy) is 1. The fraction of sp³-hybridized carbons (Fsp3) is 0.143. The number of halogens is 2. The number of rotatable bonds is 3. The van der Waals surface area contributed by atoms with Gasteiger partial charge in [0.2, 0.25) is 0 Å². The lowest BCUT2D eigenvalue weighted by Crippen LogP contribution is -2.06. The van der Waals surface area contributed by atoms with Gasteiger partial charge >= 0.3 is 0 Å². The van der Waals surface area contributed by atoms with Gasteiger partial charge in [-0.2, -0.15) is 0 Å². The quantitative estimate of drug-likeness (QED) is 0.898. The monoisotopic (exact) mass is 249 g/mol. The van der Waals surface area contributed by atoms with Crippen molar-refractivity contribution >= 4 is 0 Å². The molecule has 2 aromatic carbocycles. The Kier molecular flexibility index (Phi) is 3.58. The summed E-state index contributed by atoms with van der Waals surface area (Å²) in [6.07, 6.45) is 0. The molecule has 0 heterocycles. The minimum Gasteiger partial charge on any atom is -0.457 e. The maximum Gasteiger partial charge on any atom is 0.162 e. The molecule has 2 N–H and O–H groups in total. The zero-order valence-electron chi connectivity index (χ0n) is 9.86. The third-order valence-electron chi connectivity index (χ3n) is 2.53. The van der Waals surface area contributed by atoms with Gasteiger partial charge in [-0.3, -0.25) is 0 Å². The van der Waals surface area contributed by atoms with Crippen molar-refractivity contribution in [3.8, 4) is 11.5 Å². The van der Waals surface area contributed by atoms with Crippen LogP contribution in [0.25, 0.3) is 0 Å². The summed E-state index contributed by atoms with van der Waals surface area (Å²) < 4.78 is 31.4. The molecule has 0 bridgehead atoms. The Hall–Kier alpha value is -1.94. The molecule has 0 amide bonds. The molecule has 0 aliphatic heterocycles. The summed E-state index contributed by atoms with van der Waals surface area (Å²) in [5, 5.41) is 0. The van der Waals surface area contributed by atoms with E-state index in [1.807, 2.05) is 19.1 Å². The molecule has 0 radical (unpaired) electrons. The zero-order valence-corrected chi connectivity index (χ0v) is 9.86. The second-order valence-corrected chi connectivity index (χ2v) is 4.00. The Morgan fingerprint density at radius 1 is 1.06 bits per heavy atom. The number of hydrogen-bond acceptors (Lipinski definition) is 2. The van der Waals surface area contributed by atoms with Gasteiger partial charge in [0, 0.05) is 17.7 Å². The molecule has 0 aromatic heterocycles. The summed E-state index contributed by atoms with van der Waals surface area (Å²) in [7, 11) is 0. The number of hydrogen-bond donors (Lipinski definition) is 1. The second kappa shape index (κ2) is 5.14. The molecule has 0 fully saturated rings. The number of nitrogens with two attached hydrogens (primary N) is 1. The summed E-state index contributed by atoms with van der Waals surface area (Å²) in [6, 6.07) is 10.4. The molecule has 0 spiro atoms. The van der Waals surface area contributed by atoms with E-state index in [1.165, 1.54) is 6.07 Å². The van der Waals surface area contributed by atoms with Crippen molar-refractivity contribution < 1.29 is 13.5 Å². The Morgan fingerprint density at radius 3 is 2.44 bits per heavy atom. The van der Waals surface area contributed by atoms with E-state index in [9.17, 15) is 8.78 Å². The van der Waals surface area contributed by atoms with Crippen LogP contribution >= 0.6 is 0 Å². The van der Waals surface area contributed by atoms with Crippen molar-refractivity contribution in [3.05, 3.63) is 59.7 Å². The van der Waals surface area contributed by atoms with Crippen molar-refractivity contribution in [2.75, 3.05) is 0 Å². The van der Waals surface area contributed by atoms with Gasteiger partial charge in [-0.05, 0) is 25.1 Å². The van der Waals surface area contributed by atoms with E-state index in [-0.39, 0.29) is 11.8 Å². The van der Waals surface area contributed by atoms with Crippen LogP contribution in [0.4, 0.5) is 8.78 Å². The summed E-state index contributed by atoms with van der Waals surface area (Å²) in [6.45, 7) is 1.83. The van der Waals surface area contributed by atoms with Crippen LogP contribution in [-0.4, -0.2) is 0 Å². The Balaban J connectivity index is 2.31. The SMILES string of the molecule is CC(N)c1ccccc1Oc1ccc(F)c(F)c1. The maximum absolute atomic E-state index is 13.1. The van der Waals surface area contributed by atoms with E-state index in [2.05, 4.69) is 0 Å². The molecule has 2 nitrogen and oxygen atoms in total. The van der Waals surface area contributed by atoms with E-state index in [0.29, 0.717) is 5.75 Å². The van der Waals surface area contributed by atoms with Crippen molar-refractivity contribution in [2.45, 2.75) is 13.0 Å². The number of benzene rings is 2. The number of para-hydroxylation sites is 1. The van der Waals surface area contributed by atoms with Gasteiger partial charge in [-0.15, -0.1) is 0 Å². The first-order valence-corrected chi connectivity index (χ1v) is 5.55. The predicted molar refractivity (Wildman–Crippen MR) is 65.5 cm³/mol. The molecule has 0 saturated carbocycles. The minimum absolute atomic E-state index is 0.202. The van der Waals surface area contributed by atoms with Crippen LogP contribution in [0.3, 0.4) is 0 Å². The molecule has 0 aliphatic carbocycles. The van der Waals surface area contributed by atoms with Crippen molar-refractivity contribution in [2.24, 2.45) is 5.73 Å². The third-order valence-corrected chi connectivity index (χ3v) is 2.53. The largest absolute Gasteiger partial charge is 0.457 e. The van der Waals surface area contributed by atoms with Gasteiger partial charge in [0.25, 0.3) is 0 Å². The van der Waals surface area contributed by atoms with Crippen LogP contribution in [0.2, 0.25) is 0 Å². The van der Waals surface area contributed by atoms with Crippen LogP contribution in [0.5, 0.6) is 11.5 Å². The molecule has 2 aromatic rings. The lowest BCUT2D eigenvalue weighted by atomic mass is 10.1. The Bertz CT molecular complexity index is 555.